The molecule has 16 rings (SSSR count). The second kappa shape index (κ2) is 35.1. The van der Waals surface area contributed by atoms with Crippen molar-refractivity contribution in [3.63, 3.8) is 0 Å². The fourth-order valence-corrected chi connectivity index (χ4v) is 19.8. The van der Waals surface area contributed by atoms with Crippen molar-refractivity contribution in [2.75, 3.05) is 28.4 Å². The molecule has 4 aliphatic heterocycles. The summed E-state index contributed by atoms with van der Waals surface area (Å²) in [6, 6.07) is 31.3. The number of amides is 4. The van der Waals surface area contributed by atoms with Crippen LogP contribution in [0.2, 0.25) is 0 Å². The van der Waals surface area contributed by atoms with Crippen LogP contribution in [0.4, 0.5) is 13.2 Å². The summed E-state index contributed by atoms with van der Waals surface area (Å²) in [5.74, 6) is -1.62. The molecular weight excluding hydrogens is 1690 g/mol. The average Bonchev–Trinajstić information content (AvgIpc) is 1.05. The molecule has 8 aromatic carbocycles. The van der Waals surface area contributed by atoms with E-state index in [4.69, 9.17) is 67.8 Å². The maximum absolute atomic E-state index is 15.9. The number of halogens is 3. The first-order chi connectivity index (χ1) is 59.7. The Morgan fingerprint density at radius 2 is 0.594 bits per heavy atom. The number of phenolic OH excluding ortho intramolecular Hbond substituents is 1. The number of hydrogen-bond acceptors (Lipinski definition) is 13. The van der Waals surface area contributed by atoms with Gasteiger partial charge in [0, 0.05) is 22.3 Å². The minimum Gasteiger partial charge on any atom is -0.507 e. The quantitative estimate of drug-likeness (QED) is 0.0410. The van der Waals surface area contributed by atoms with E-state index in [1.165, 1.54) is 77.3 Å². The molecule has 4 fully saturated rings. The summed E-state index contributed by atoms with van der Waals surface area (Å²) in [6.07, 6.45) is 15.3. The molecule has 24 heteroatoms. The number of nitrogens with one attached hydrogen (secondary N) is 8. The van der Waals surface area contributed by atoms with Gasteiger partial charge >= 0.3 is 0 Å². The number of phenols is 1. The Balaban J connectivity index is 0.000000146. The molecule has 0 spiro atoms. The Hall–Kier alpha value is -11.1. The van der Waals surface area contributed by atoms with Crippen LogP contribution in [-0.2, 0) is 62.5 Å². The fourth-order valence-electron chi connectivity index (χ4n) is 19.0. The van der Waals surface area contributed by atoms with Crippen molar-refractivity contribution in [3.05, 3.63) is 226 Å². The van der Waals surface area contributed by atoms with Gasteiger partial charge in [0.2, 0.25) is 0 Å². The third-order valence-electron chi connectivity index (χ3n) is 27.2. The molecule has 0 unspecified atom stereocenters. The molecule has 4 saturated heterocycles. The van der Waals surface area contributed by atoms with E-state index in [0.29, 0.717) is 49.8 Å². The van der Waals surface area contributed by atoms with Crippen molar-refractivity contribution >= 4 is 117 Å². The zero-order valence-electron chi connectivity index (χ0n) is 77.7. The number of aryl methyl sites for hydroxylation is 4. The largest absolute Gasteiger partial charge is 0.507 e. The van der Waals surface area contributed by atoms with E-state index in [0.717, 1.165) is 112 Å². The molecule has 0 radical (unpaired) electrons. The molecule has 0 saturated carbocycles. The minimum absolute atomic E-state index is 0.00574. The van der Waals surface area contributed by atoms with Crippen LogP contribution in [0, 0.1) is 45.1 Å². The van der Waals surface area contributed by atoms with Crippen LogP contribution in [0.1, 0.15) is 251 Å². The van der Waals surface area contributed by atoms with Gasteiger partial charge in [-0.2, -0.15) is 0 Å². The van der Waals surface area contributed by atoms with Gasteiger partial charge in [-0.25, -0.2) is 13.2 Å². The topological polar surface area (TPSA) is 222 Å². The second-order valence-electron chi connectivity index (χ2n) is 40.1. The molecule has 8 aliphatic rings. The predicted molar refractivity (Wildman–Crippen MR) is 523 cm³/mol. The molecular formula is C104H117F3N8O9S4. The van der Waals surface area contributed by atoms with E-state index < -0.39 is 23.4 Å². The Bertz CT molecular complexity index is 6200. The smallest absolute Gasteiger partial charge is 0.273 e. The van der Waals surface area contributed by atoms with E-state index in [9.17, 15) is 24.3 Å². The van der Waals surface area contributed by atoms with Gasteiger partial charge < -0.3 is 45.3 Å². The molecule has 4 amide bonds. The normalized spacial score (nSPS) is 20.0. The van der Waals surface area contributed by atoms with Gasteiger partial charge in [-0.15, -0.1) is 0 Å². The van der Waals surface area contributed by atoms with Gasteiger partial charge in [0.1, 0.15) is 34.4 Å². The minimum atomic E-state index is -0.710. The van der Waals surface area contributed by atoms with Crippen molar-refractivity contribution in [2.24, 2.45) is 0 Å². The van der Waals surface area contributed by atoms with Crippen molar-refractivity contribution in [2.45, 2.75) is 233 Å². The third kappa shape index (κ3) is 18.8. The second-order valence-corrected chi connectivity index (χ2v) is 41.8. The van der Waals surface area contributed by atoms with E-state index >= 15 is 13.2 Å². The third-order valence-corrected chi connectivity index (χ3v) is 28.1. The van der Waals surface area contributed by atoms with E-state index in [-0.39, 0.29) is 111 Å². The lowest BCUT2D eigenvalue weighted by molar-refractivity contribution is -0.116. The zero-order valence-corrected chi connectivity index (χ0v) is 80.9. The molecule has 4 aliphatic carbocycles. The van der Waals surface area contributed by atoms with Crippen LogP contribution >= 0.6 is 48.9 Å². The lowest BCUT2D eigenvalue weighted by Gasteiger charge is -2.42. The lowest BCUT2D eigenvalue weighted by Crippen LogP contribution is -2.34. The van der Waals surface area contributed by atoms with Gasteiger partial charge in [0.15, 0.2) is 55.1 Å². The summed E-state index contributed by atoms with van der Waals surface area (Å²) < 4.78 is 68.4. The van der Waals surface area contributed by atoms with Crippen LogP contribution in [0.25, 0.3) is 68.8 Å². The maximum Gasteiger partial charge on any atom is 0.273 e. The highest BCUT2D eigenvalue weighted by atomic mass is 32.1. The zero-order chi connectivity index (χ0) is 93.7. The summed E-state index contributed by atoms with van der Waals surface area (Å²) >= 11 is 20.0. The van der Waals surface area contributed by atoms with Crippen molar-refractivity contribution in [1.82, 2.24) is 42.5 Å². The SMILES string of the molecule is COc1c(F)cc(/C=C2\NC(=S)NC2=O)c(F)c1-c1cc2c(cc1C)C(C)(C)CCC2(C)C.COc1c(F)cc(/C=C2\NC(=S)NC2=O)cc1-c1cc2c(cc1C)C(C)(C)CCC2(C)C.COc1cc(/C=C2\NC(=S)NC2=O)cc(-c2cc3c(cc2C)C(C)(C)CCC3(C)C)c1OC.Cc1cc2c(cc1-c1cc(/C=C3\NC(=S)NC3=O)ccc1O)C(C)(C)CCC2(C)C. The Morgan fingerprint density at radius 1 is 0.312 bits per heavy atom. The van der Waals surface area contributed by atoms with E-state index in [2.05, 4.69) is 217 Å². The number of thiocarbonyl (C=S) groups is 4. The maximum atomic E-state index is 15.9. The molecule has 0 atom stereocenters. The van der Waals surface area contributed by atoms with Crippen molar-refractivity contribution < 1.29 is 56.4 Å². The molecule has 17 nitrogen and oxygen atoms in total. The molecule has 0 aromatic heterocycles. The Morgan fingerprint density at radius 3 is 0.922 bits per heavy atom. The number of carbonyl (C=O) groups excluding carboxylic acids is 4. The standard InChI is InChI=1S/C27H32N2O3S.C26H28F2N2O2S.C26H29FN2O2S.C25H28N2O2S/c1-15-10-19-20(27(4,5)9-8-26(19,2)3)14-17(15)18-11-16(13-22(31-6)23(18)32-7)12-21-24(30)29-25(33)28-21;1-13-9-16-17(26(4,5)8-7-25(16,2)3)12-15(13)20-21(28)14(10-18(27)22(20)32-6)11-19-23(31)30-24(33)29-19;1-14-9-18-19(26(4,5)8-7-25(18,2)3)13-16(14)17-10-15(11-20(27)22(17)31-6)12-21-23(30)29-24(32)28-21;1-14-10-18-19(25(4,5)9-8-24(18,2)3)13-16(14)17-11-15(6-7-21(17)28)12-20-22(29)27-23(30)26-20/h10-14H,8-9H2,1-7H3,(H2,28,29,30,33);9-12H,7-8H2,1-6H3,(H2,29,30,31,33);9-13H,7-8H2,1-6H3,(H2,28,29,30,32);6-7,10-13,28H,8-9H2,1-5H3,(H2,26,27,29,30)/b21-12-;19-11-;21-12-;20-12-. The first kappa shape index (κ1) is 94.6. The summed E-state index contributed by atoms with van der Waals surface area (Å²) in [7, 11) is 6.08. The molecule has 128 heavy (non-hydrogen) atoms. The number of ether oxygens (including phenoxy) is 4. The first-order valence-corrected chi connectivity index (χ1v) is 44.9. The predicted octanol–water partition coefficient (Wildman–Crippen LogP) is 21.6. The Labute approximate surface area is 772 Å². The highest BCUT2D eigenvalue weighted by molar-refractivity contribution is 7.81. The van der Waals surface area contributed by atoms with Gasteiger partial charge in [-0.05, 0) is 368 Å². The number of methoxy groups -OCH3 is 4. The highest BCUT2D eigenvalue weighted by Crippen LogP contribution is 2.55. The number of carbonyl (C=O) groups is 4. The molecule has 672 valence electrons. The van der Waals surface area contributed by atoms with Gasteiger partial charge in [0.25, 0.3) is 23.6 Å². The van der Waals surface area contributed by atoms with E-state index in [1.54, 1.807) is 44.6 Å². The monoisotopic (exact) mass is 1810 g/mol. The van der Waals surface area contributed by atoms with Crippen LogP contribution in [0.5, 0.6) is 28.7 Å². The van der Waals surface area contributed by atoms with Crippen LogP contribution < -0.4 is 61.5 Å². The molecule has 4 heterocycles. The van der Waals surface area contributed by atoms with Crippen LogP contribution in [0.15, 0.2) is 120 Å². The van der Waals surface area contributed by atoms with Gasteiger partial charge in [-0.3, -0.25) is 40.4 Å². The van der Waals surface area contributed by atoms with Crippen LogP contribution in [-0.4, -0.2) is 77.6 Å². The van der Waals surface area contributed by atoms with Gasteiger partial charge in [0.05, 0.1) is 34.0 Å². The average molecular weight is 1810 g/mol. The summed E-state index contributed by atoms with van der Waals surface area (Å²) in [4.78, 5) is 48.3. The summed E-state index contributed by atoms with van der Waals surface area (Å²) in [6.45, 7) is 44.7. The van der Waals surface area contributed by atoms with Gasteiger partial charge in [-0.1, -0.05) is 141 Å². The molecule has 8 aromatic rings. The molecule has 0 bridgehead atoms. The first-order valence-electron chi connectivity index (χ1n) is 43.3. The number of rotatable bonds is 12. The number of aromatic hydroxyl groups is 1. The lowest BCUT2D eigenvalue weighted by atomic mass is 9.62. The van der Waals surface area contributed by atoms with E-state index in [1.807, 2.05) is 37.3 Å². The van der Waals surface area contributed by atoms with Crippen molar-refractivity contribution in [1.29, 1.82) is 0 Å². The summed E-state index contributed by atoms with van der Waals surface area (Å²) in [5, 5.41) is 33.0. The number of hydrogen-bond donors (Lipinski definition) is 9. The molecule has 9 N–H and O–H groups in total. The number of benzene rings is 8. The fraction of sp³-hybridized carbons (Fsp3) is 0.385. The Kier molecular flexibility index (Phi) is 25.9. The van der Waals surface area contributed by atoms with Crippen LogP contribution in [0.3, 0.4) is 0 Å². The summed E-state index contributed by atoms with van der Waals surface area (Å²) in [5.41, 5.74) is 24.6. The van der Waals surface area contributed by atoms with Crippen molar-refractivity contribution in [3.8, 4) is 73.3 Å². The number of fused-ring (bicyclic) bond motifs is 4. The highest BCUT2D eigenvalue weighted by Gasteiger charge is 2.43.